The summed E-state index contributed by atoms with van der Waals surface area (Å²) >= 11 is 0. The van der Waals surface area contributed by atoms with E-state index < -0.39 is 17.7 Å². The number of aromatic nitrogens is 2. The van der Waals surface area contributed by atoms with Crippen molar-refractivity contribution in [3.05, 3.63) is 59.4 Å². The van der Waals surface area contributed by atoms with E-state index in [-0.39, 0.29) is 17.0 Å². The highest BCUT2D eigenvalue weighted by Gasteiger charge is 2.32. The van der Waals surface area contributed by atoms with Crippen molar-refractivity contribution in [3.63, 3.8) is 0 Å². The summed E-state index contributed by atoms with van der Waals surface area (Å²) in [5.41, 5.74) is 0.571. The molecule has 1 aromatic heterocycles. The highest BCUT2D eigenvalue weighted by molar-refractivity contribution is 5.88. The van der Waals surface area contributed by atoms with Crippen molar-refractivity contribution in [2.75, 3.05) is 13.2 Å². The number of carboxylic acid groups (broad SMARTS) is 1. The van der Waals surface area contributed by atoms with Crippen molar-refractivity contribution in [2.24, 2.45) is 0 Å². The highest BCUT2D eigenvalue weighted by Crippen LogP contribution is 2.35. The van der Waals surface area contributed by atoms with Crippen LogP contribution in [0.5, 0.6) is 0 Å². The molecule has 8 heteroatoms. The lowest BCUT2D eigenvalue weighted by Crippen LogP contribution is -2.09. The second-order valence-electron chi connectivity index (χ2n) is 6.42. The maximum atomic E-state index is 13.1. The Labute approximate surface area is 152 Å². The number of halogens is 3. The van der Waals surface area contributed by atoms with E-state index in [4.69, 9.17) is 4.74 Å². The van der Waals surface area contributed by atoms with Gasteiger partial charge in [0, 0.05) is 18.2 Å². The first-order valence-electron chi connectivity index (χ1n) is 8.35. The monoisotopic (exact) mass is 376 g/mol. The maximum absolute atomic E-state index is 13.1. The molecule has 0 spiro atoms. The Balaban J connectivity index is 1.95. The summed E-state index contributed by atoms with van der Waals surface area (Å²) in [6, 6.07) is 9.67. The highest BCUT2D eigenvalue weighted by atomic mass is 19.4. The summed E-state index contributed by atoms with van der Waals surface area (Å²) in [6.45, 7) is 0.977. The molecule has 1 atom stereocenters. The zero-order valence-electron chi connectivity index (χ0n) is 14.0. The standard InChI is InChI=1S/C19H15F3N2O3/c20-19(21,22)13-4-5-16-15(9-13)23-17(12-6-7-27-10-12)24(16)14-3-1-2-11(8-14)18(25)26/h1-5,8-9,12H,6-7,10H2,(H,25,26). The smallest absolute Gasteiger partial charge is 0.416 e. The molecule has 3 aromatic rings. The molecule has 140 valence electrons. The zero-order chi connectivity index (χ0) is 19.2. The molecule has 0 saturated carbocycles. The number of hydrogen-bond donors (Lipinski definition) is 1. The number of carboxylic acids is 1. The average Bonchev–Trinajstić information content (AvgIpc) is 3.27. The van der Waals surface area contributed by atoms with Crippen LogP contribution in [0, 0.1) is 0 Å². The van der Waals surface area contributed by atoms with Gasteiger partial charge in [0.05, 0.1) is 28.8 Å². The lowest BCUT2D eigenvalue weighted by molar-refractivity contribution is -0.137. The second kappa shape index (κ2) is 6.38. The van der Waals surface area contributed by atoms with E-state index in [0.29, 0.717) is 36.7 Å². The summed E-state index contributed by atoms with van der Waals surface area (Å²) in [4.78, 5) is 15.8. The molecule has 0 aliphatic carbocycles. The molecule has 1 fully saturated rings. The normalized spacial score (nSPS) is 17.5. The van der Waals surface area contributed by atoms with Crippen molar-refractivity contribution < 1.29 is 27.8 Å². The van der Waals surface area contributed by atoms with Gasteiger partial charge in [0.2, 0.25) is 0 Å². The third kappa shape index (κ3) is 3.16. The Morgan fingerprint density at radius 3 is 2.70 bits per heavy atom. The third-order valence-electron chi connectivity index (χ3n) is 4.65. The van der Waals surface area contributed by atoms with Crippen LogP contribution in [-0.2, 0) is 10.9 Å². The van der Waals surface area contributed by atoms with Crippen LogP contribution in [0.1, 0.15) is 34.1 Å². The quantitative estimate of drug-likeness (QED) is 0.742. The van der Waals surface area contributed by atoms with Gasteiger partial charge in [0.1, 0.15) is 5.82 Å². The van der Waals surface area contributed by atoms with Crippen LogP contribution in [0.2, 0.25) is 0 Å². The lowest BCUT2D eigenvalue weighted by atomic mass is 10.1. The molecular weight excluding hydrogens is 361 g/mol. The number of nitrogens with zero attached hydrogens (tertiary/aromatic N) is 2. The predicted molar refractivity (Wildman–Crippen MR) is 91.2 cm³/mol. The molecule has 1 aliphatic heterocycles. The average molecular weight is 376 g/mol. The fourth-order valence-corrected chi connectivity index (χ4v) is 3.34. The Morgan fingerprint density at radius 1 is 1.22 bits per heavy atom. The number of aromatic carboxylic acids is 1. The fraction of sp³-hybridized carbons (Fsp3) is 0.263. The molecule has 0 amide bonds. The van der Waals surface area contributed by atoms with Crippen molar-refractivity contribution in [2.45, 2.75) is 18.5 Å². The van der Waals surface area contributed by atoms with Crippen molar-refractivity contribution in [1.29, 1.82) is 0 Å². The van der Waals surface area contributed by atoms with E-state index >= 15 is 0 Å². The van der Waals surface area contributed by atoms with E-state index in [2.05, 4.69) is 4.98 Å². The second-order valence-corrected chi connectivity index (χ2v) is 6.42. The summed E-state index contributed by atoms with van der Waals surface area (Å²) in [6.07, 6.45) is -3.76. The van der Waals surface area contributed by atoms with Crippen LogP contribution in [0.25, 0.3) is 16.7 Å². The minimum atomic E-state index is -4.46. The molecule has 1 unspecified atom stereocenters. The van der Waals surface area contributed by atoms with Crippen LogP contribution in [0.15, 0.2) is 42.5 Å². The van der Waals surface area contributed by atoms with Crippen LogP contribution in [0.4, 0.5) is 13.2 Å². The zero-order valence-corrected chi connectivity index (χ0v) is 14.0. The lowest BCUT2D eigenvalue weighted by Gasteiger charge is -2.13. The molecule has 4 rings (SSSR count). The predicted octanol–water partition coefficient (Wildman–Crippen LogP) is 4.25. The Morgan fingerprint density at radius 2 is 2.04 bits per heavy atom. The van der Waals surface area contributed by atoms with Gasteiger partial charge >= 0.3 is 12.1 Å². The fourth-order valence-electron chi connectivity index (χ4n) is 3.34. The van der Waals surface area contributed by atoms with Gasteiger partial charge in [-0.3, -0.25) is 4.57 Å². The van der Waals surface area contributed by atoms with Gasteiger partial charge in [-0.05, 0) is 42.8 Å². The molecule has 0 radical (unpaired) electrons. The first-order chi connectivity index (χ1) is 12.8. The molecule has 1 saturated heterocycles. The number of ether oxygens (including phenoxy) is 1. The van der Waals surface area contributed by atoms with Crippen LogP contribution >= 0.6 is 0 Å². The first-order valence-corrected chi connectivity index (χ1v) is 8.35. The number of fused-ring (bicyclic) bond motifs is 1. The van der Waals surface area contributed by atoms with Crippen LogP contribution in [0.3, 0.4) is 0 Å². The topological polar surface area (TPSA) is 64.3 Å². The molecule has 1 aliphatic rings. The molecule has 2 aromatic carbocycles. The van der Waals surface area contributed by atoms with Crippen molar-refractivity contribution in [1.82, 2.24) is 9.55 Å². The summed E-state index contributed by atoms with van der Waals surface area (Å²) < 4.78 is 46.3. The largest absolute Gasteiger partial charge is 0.478 e. The minimum absolute atomic E-state index is 0.0692. The van der Waals surface area contributed by atoms with E-state index in [0.717, 1.165) is 12.1 Å². The molecule has 1 N–H and O–H groups in total. The van der Waals surface area contributed by atoms with Gasteiger partial charge in [-0.25, -0.2) is 9.78 Å². The van der Waals surface area contributed by atoms with Gasteiger partial charge in [0.25, 0.3) is 0 Å². The van der Waals surface area contributed by atoms with Gasteiger partial charge in [-0.1, -0.05) is 6.07 Å². The van der Waals surface area contributed by atoms with Gasteiger partial charge < -0.3 is 9.84 Å². The van der Waals surface area contributed by atoms with Crippen molar-refractivity contribution in [3.8, 4) is 5.69 Å². The summed E-state index contributed by atoms with van der Waals surface area (Å²) in [5.74, 6) is -0.573. The molecule has 27 heavy (non-hydrogen) atoms. The molecule has 5 nitrogen and oxygen atoms in total. The SMILES string of the molecule is O=C(O)c1cccc(-n2c(C3CCOC3)nc3cc(C(F)(F)F)ccc32)c1. The van der Waals surface area contributed by atoms with Crippen LogP contribution < -0.4 is 0 Å². The number of alkyl halides is 3. The number of carbonyl (C=O) groups is 1. The van der Waals surface area contributed by atoms with E-state index in [1.807, 2.05) is 0 Å². The number of imidazole rings is 1. The van der Waals surface area contributed by atoms with Crippen molar-refractivity contribution >= 4 is 17.0 Å². The van der Waals surface area contributed by atoms with Gasteiger partial charge in [-0.2, -0.15) is 13.2 Å². The van der Waals surface area contributed by atoms with Crippen LogP contribution in [-0.4, -0.2) is 33.8 Å². The van der Waals surface area contributed by atoms with E-state index in [1.54, 1.807) is 16.7 Å². The third-order valence-corrected chi connectivity index (χ3v) is 4.65. The molecule has 2 heterocycles. The molecule has 0 bridgehead atoms. The van der Waals surface area contributed by atoms with Gasteiger partial charge in [-0.15, -0.1) is 0 Å². The van der Waals surface area contributed by atoms with E-state index in [1.165, 1.54) is 18.2 Å². The number of benzene rings is 2. The Hall–Kier alpha value is -2.87. The van der Waals surface area contributed by atoms with E-state index in [9.17, 15) is 23.1 Å². The molecular formula is C19H15F3N2O3. The Kier molecular flexibility index (Phi) is 4.15. The summed E-state index contributed by atoms with van der Waals surface area (Å²) in [7, 11) is 0. The number of rotatable bonds is 3. The minimum Gasteiger partial charge on any atom is -0.478 e. The number of hydrogen-bond acceptors (Lipinski definition) is 3. The maximum Gasteiger partial charge on any atom is 0.416 e. The Bertz CT molecular complexity index is 1020. The first kappa shape index (κ1) is 17.5. The summed E-state index contributed by atoms with van der Waals surface area (Å²) in [5, 5.41) is 9.26. The van der Waals surface area contributed by atoms with Gasteiger partial charge in [0.15, 0.2) is 0 Å².